The minimum absolute atomic E-state index is 0.115. The number of anilines is 2. The molecule has 0 bridgehead atoms. The first kappa shape index (κ1) is 11.7. The molecule has 0 atom stereocenters. The number of nitrogens with zero attached hydrogens (tertiary/aromatic N) is 1. The number of nitrogen functional groups attached to an aromatic ring is 1. The molecule has 0 amide bonds. The first-order valence-corrected chi connectivity index (χ1v) is 5.79. The van der Waals surface area contributed by atoms with E-state index in [9.17, 15) is 4.79 Å². The van der Waals surface area contributed by atoms with Crippen LogP contribution in [-0.4, -0.2) is 22.6 Å². The number of nitrogens with one attached hydrogen (secondary N) is 1. The highest BCUT2D eigenvalue weighted by molar-refractivity contribution is 5.89. The highest BCUT2D eigenvalue weighted by Gasteiger charge is 2.40. The molecule has 0 saturated heterocycles. The van der Waals surface area contributed by atoms with Crippen LogP contribution >= 0.6 is 0 Å². The summed E-state index contributed by atoms with van der Waals surface area (Å²) in [4.78, 5) is 14.8. The standard InChI is InChI=1S/C12H17N3O2/c1-2-12(3-4-12)7-15-10-9(13)5-8(6-14-10)11(16)17/h5-6H,2-4,7,13H2,1H3,(H,14,15)(H,16,17). The number of carboxylic acids is 1. The van der Waals surface area contributed by atoms with Crippen LogP contribution in [0.5, 0.6) is 0 Å². The smallest absolute Gasteiger partial charge is 0.337 e. The van der Waals surface area contributed by atoms with Crippen LogP contribution in [0.1, 0.15) is 36.5 Å². The Kier molecular flexibility index (Phi) is 2.92. The molecule has 0 radical (unpaired) electrons. The Morgan fingerprint density at radius 1 is 1.65 bits per heavy atom. The Morgan fingerprint density at radius 3 is 2.82 bits per heavy atom. The topological polar surface area (TPSA) is 88.2 Å². The highest BCUT2D eigenvalue weighted by atomic mass is 16.4. The first-order valence-electron chi connectivity index (χ1n) is 5.79. The van der Waals surface area contributed by atoms with Crippen molar-refractivity contribution in [1.82, 2.24) is 4.98 Å². The number of rotatable bonds is 5. The van der Waals surface area contributed by atoms with Gasteiger partial charge in [-0.1, -0.05) is 6.92 Å². The zero-order valence-electron chi connectivity index (χ0n) is 9.86. The summed E-state index contributed by atoms with van der Waals surface area (Å²) >= 11 is 0. The van der Waals surface area contributed by atoms with Gasteiger partial charge in [0.15, 0.2) is 0 Å². The average Bonchev–Trinajstić information content (AvgIpc) is 3.08. The summed E-state index contributed by atoms with van der Waals surface area (Å²) in [5, 5.41) is 12.0. The molecule has 1 heterocycles. The molecule has 5 nitrogen and oxygen atoms in total. The number of aromatic carboxylic acids is 1. The summed E-state index contributed by atoms with van der Waals surface area (Å²) in [5.41, 5.74) is 6.67. The predicted octanol–water partition coefficient (Wildman–Crippen LogP) is 1.96. The van der Waals surface area contributed by atoms with E-state index >= 15 is 0 Å². The second-order valence-corrected chi connectivity index (χ2v) is 4.67. The van der Waals surface area contributed by atoms with Crippen molar-refractivity contribution in [2.75, 3.05) is 17.6 Å². The molecule has 1 aromatic heterocycles. The number of hydrogen-bond donors (Lipinski definition) is 3. The van der Waals surface area contributed by atoms with Crippen molar-refractivity contribution in [3.8, 4) is 0 Å². The lowest BCUT2D eigenvalue weighted by Gasteiger charge is -2.15. The van der Waals surface area contributed by atoms with Gasteiger partial charge in [0, 0.05) is 12.7 Å². The van der Waals surface area contributed by atoms with Gasteiger partial charge in [0.1, 0.15) is 5.82 Å². The molecule has 17 heavy (non-hydrogen) atoms. The number of aromatic nitrogens is 1. The summed E-state index contributed by atoms with van der Waals surface area (Å²) in [5.74, 6) is -0.433. The quantitative estimate of drug-likeness (QED) is 0.726. The van der Waals surface area contributed by atoms with Crippen LogP contribution in [0.15, 0.2) is 12.3 Å². The zero-order chi connectivity index (χ0) is 12.5. The van der Waals surface area contributed by atoms with Gasteiger partial charge < -0.3 is 16.2 Å². The molecule has 0 aromatic carbocycles. The molecule has 5 heteroatoms. The monoisotopic (exact) mass is 235 g/mol. The maximum absolute atomic E-state index is 10.7. The van der Waals surface area contributed by atoms with Crippen molar-refractivity contribution in [3.63, 3.8) is 0 Å². The van der Waals surface area contributed by atoms with Gasteiger partial charge in [-0.2, -0.15) is 0 Å². The molecule has 0 unspecified atom stereocenters. The molecule has 0 aliphatic heterocycles. The van der Waals surface area contributed by atoms with E-state index in [2.05, 4.69) is 17.2 Å². The summed E-state index contributed by atoms with van der Waals surface area (Å²) < 4.78 is 0. The maximum Gasteiger partial charge on any atom is 0.337 e. The molecule has 2 rings (SSSR count). The van der Waals surface area contributed by atoms with Gasteiger partial charge in [0.25, 0.3) is 0 Å². The van der Waals surface area contributed by atoms with Crippen molar-refractivity contribution in [3.05, 3.63) is 17.8 Å². The van der Waals surface area contributed by atoms with Crippen LogP contribution in [0.3, 0.4) is 0 Å². The number of pyridine rings is 1. The van der Waals surface area contributed by atoms with Crippen LogP contribution in [0.2, 0.25) is 0 Å². The molecule has 0 spiro atoms. The van der Waals surface area contributed by atoms with Crippen LogP contribution in [0.25, 0.3) is 0 Å². The Labute approximate surface area is 100 Å². The minimum Gasteiger partial charge on any atom is -0.478 e. The van der Waals surface area contributed by atoms with Gasteiger partial charge in [-0.05, 0) is 30.7 Å². The van der Waals surface area contributed by atoms with Gasteiger partial charge in [0.2, 0.25) is 0 Å². The molecule has 1 aliphatic carbocycles. The van der Waals surface area contributed by atoms with Gasteiger partial charge in [-0.3, -0.25) is 0 Å². The maximum atomic E-state index is 10.7. The fourth-order valence-electron chi connectivity index (χ4n) is 1.85. The molecular weight excluding hydrogens is 218 g/mol. The van der Waals surface area contributed by atoms with Crippen LogP contribution in [0, 0.1) is 5.41 Å². The Bertz CT molecular complexity index is 441. The van der Waals surface area contributed by atoms with Crippen molar-refractivity contribution >= 4 is 17.5 Å². The van der Waals surface area contributed by atoms with Crippen molar-refractivity contribution in [2.45, 2.75) is 26.2 Å². The summed E-state index contributed by atoms with van der Waals surface area (Å²) in [6.45, 7) is 3.03. The summed E-state index contributed by atoms with van der Waals surface area (Å²) in [7, 11) is 0. The van der Waals surface area contributed by atoms with Gasteiger partial charge in [-0.15, -0.1) is 0 Å². The molecular formula is C12H17N3O2. The number of carboxylic acid groups (broad SMARTS) is 1. The zero-order valence-corrected chi connectivity index (χ0v) is 9.86. The van der Waals surface area contributed by atoms with E-state index < -0.39 is 5.97 Å². The van der Waals surface area contributed by atoms with E-state index in [0.717, 1.165) is 13.0 Å². The normalized spacial score (nSPS) is 16.5. The molecule has 1 aliphatic rings. The Balaban J connectivity index is 2.04. The number of hydrogen-bond acceptors (Lipinski definition) is 4. The third-order valence-electron chi connectivity index (χ3n) is 3.50. The lowest BCUT2D eigenvalue weighted by molar-refractivity contribution is 0.0696. The average molecular weight is 235 g/mol. The number of nitrogens with two attached hydrogens (primary N) is 1. The minimum atomic E-state index is -1.01. The second-order valence-electron chi connectivity index (χ2n) is 4.67. The fraction of sp³-hybridized carbons (Fsp3) is 0.500. The summed E-state index contributed by atoms with van der Waals surface area (Å²) in [6, 6.07) is 1.43. The van der Waals surface area contributed by atoms with E-state index in [0.29, 0.717) is 16.9 Å². The molecule has 1 aromatic rings. The lowest BCUT2D eigenvalue weighted by Crippen LogP contribution is -2.16. The second kappa shape index (κ2) is 4.24. The molecule has 92 valence electrons. The van der Waals surface area contributed by atoms with Crippen LogP contribution in [-0.2, 0) is 0 Å². The first-order chi connectivity index (χ1) is 8.06. The van der Waals surface area contributed by atoms with E-state index in [1.807, 2.05) is 0 Å². The van der Waals surface area contributed by atoms with Gasteiger partial charge >= 0.3 is 5.97 Å². The lowest BCUT2D eigenvalue weighted by atomic mass is 10.0. The van der Waals surface area contributed by atoms with E-state index in [1.165, 1.54) is 25.1 Å². The molecule has 1 saturated carbocycles. The van der Waals surface area contributed by atoms with Gasteiger partial charge in [0.05, 0.1) is 11.3 Å². The predicted molar refractivity (Wildman–Crippen MR) is 66.1 cm³/mol. The number of carbonyl (C=O) groups is 1. The van der Waals surface area contributed by atoms with Crippen LogP contribution in [0.4, 0.5) is 11.5 Å². The largest absolute Gasteiger partial charge is 0.478 e. The van der Waals surface area contributed by atoms with Crippen LogP contribution < -0.4 is 11.1 Å². The Morgan fingerprint density at radius 2 is 2.35 bits per heavy atom. The fourth-order valence-corrected chi connectivity index (χ4v) is 1.85. The van der Waals surface area contributed by atoms with E-state index in [-0.39, 0.29) is 5.56 Å². The Hall–Kier alpha value is -1.78. The third kappa shape index (κ3) is 2.49. The third-order valence-corrected chi connectivity index (χ3v) is 3.50. The van der Waals surface area contributed by atoms with Crippen molar-refractivity contribution in [2.24, 2.45) is 5.41 Å². The van der Waals surface area contributed by atoms with Gasteiger partial charge in [-0.25, -0.2) is 9.78 Å². The molecule has 1 fully saturated rings. The SMILES string of the molecule is CCC1(CNc2ncc(C(=O)O)cc2N)CC1. The molecule has 4 N–H and O–H groups in total. The van der Waals surface area contributed by atoms with E-state index in [1.54, 1.807) is 0 Å². The van der Waals surface area contributed by atoms with Crippen molar-refractivity contribution < 1.29 is 9.90 Å². The van der Waals surface area contributed by atoms with Crippen molar-refractivity contribution in [1.29, 1.82) is 0 Å². The summed E-state index contributed by atoms with van der Waals surface area (Å²) in [6.07, 6.45) is 4.95. The van der Waals surface area contributed by atoms with E-state index in [4.69, 9.17) is 10.8 Å². The highest BCUT2D eigenvalue weighted by Crippen LogP contribution is 2.48.